The molecule has 0 radical (unpaired) electrons. The van der Waals surface area contributed by atoms with Crippen molar-refractivity contribution in [2.24, 2.45) is 0 Å². The van der Waals surface area contributed by atoms with Crippen LogP contribution in [0.4, 0.5) is 4.39 Å². The minimum Gasteiger partial charge on any atom is -0.285 e. The molecule has 0 saturated carbocycles. The fourth-order valence-corrected chi connectivity index (χ4v) is 4.83. The molecule has 9 heteroatoms. The molecular weight excluding hydrogens is 297 g/mol. The fourth-order valence-electron chi connectivity index (χ4n) is 1.89. The van der Waals surface area contributed by atoms with E-state index in [1.165, 1.54) is 0 Å². The number of nitrogens with zero attached hydrogens (tertiary/aromatic N) is 1. The second kappa shape index (κ2) is 4.94. The van der Waals surface area contributed by atoms with E-state index in [0.717, 1.165) is 24.6 Å². The molecule has 1 atom stereocenters. The summed E-state index contributed by atoms with van der Waals surface area (Å²) in [6.07, 6.45) is 2.08. The fraction of sp³-hybridized carbons (Fsp3) is 1.00. The first-order valence-electron chi connectivity index (χ1n) is 6.01. The van der Waals surface area contributed by atoms with E-state index in [4.69, 9.17) is 4.55 Å². The molecule has 1 unspecified atom stereocenters. The van der Waals surface area contributed by atoms with Crippen LogP contribution in [-0.4, -0.2) is 48.5 Å². The Morgan fingerprint density at radius 2 is 1.42 bits per heavy atom. The zero-order valence-corrected chi connectivity index (χ0v) is 12.9. The third-order valence-electron chi connectivity index (χ3n) is 3.86. The summed E-state index contributed by atoms with van der Waals surface area (Å²) in [4.78, 5) is 0. The summed E-state index contributed by atoms with van der Waals surface area (Å²) in [7, 11) is -9.34. The van der Waals surface area contributed by atoms with E-state index >= 15 is 0 Å². The van der Waals surface area contributed by atoms with Crippen molar-refractivity contribution in [3.8, 4) is 0 Å². The first kappa shape index (κ1) is 16.8. The molecule has 1 fully saturated rings. The van der Waals surface area contributed by atoms with Gasteiger partial charge in [-0.05, 0) is 33.6 Å². The second-order valence-electron chi connectivity index (χ2n) is 5.37. The van der Waals surface area contributed by atoms with Gasteiger partial charge in [-0.3, -0.25) is 4.55 Å². The zero-order chi connectivity index (χ0) is 15.1. The predicted octanol–water partition coefficient (Wildman–Crippen LogP) is 1.15. The maximum absolute atomic E-state index is 14.8. The highest BCUT2D eigenvalue weighted by Crippen LogP contribution is 2.39. The third-order valence-corrected chi connectivity index (χ3v) is 8.19. The average molecular weight is 317 g/mol. The van der Waals surface area contributed by atoms with Gasteiger partial charge in [0.1, 0.15) is 4.75 Å². The summed E-state index contributed by atoms with van der Waals surface area (Å²) in [6.45, 7) is 2.76. The number of halogens is 1. The predicted molar refractivity (Wildman–Crippen MR) is 69.5 cm³/mol. The molecule has 0 spiro atoms. The van der Waals surface area contributed by atoms with E-state index < -0.39 is 29.9 Å². The molecule has 1 aliphatic heterocycles. The molecule has 6 nitrogen and oxygen atoms in total. The monoisotopic (exact) mass is 317 g/mol. The van der Waals surface area contributed by atoms with Gasteiger partial charge in [-0.1, -0.05) is 6.42 Å². The molecule has 1 N–H and O–H groups in total. The first-order chi connectivity index (χ1) is 8.36. The van der Waals surface area contributed by atoms with Gasteiger partial charge in [0.05, 0.1) is 0 Å². The summed E-state index contributed by atoms with van der Waals surface area (Å²) >= 11 is 0. The summed E-state index contributed by atoms with van der Waals surface area (Å²) in [6, 6.07) is 0. The van der Waals surface area contributed by atoms with Gasteiger partial charge in [0, 0.05) is 13.1 Å². The van der Waals surface area contributed by atoms with Crippen LogP contribution in [0, 0.1) is 0 Å². The number of hydrogen-bond donors (Lipinski definition) is 1. The largest absolute Gasteiger partial charge is 0.285 e. The molecule has 0 bridgehead atoms. The van der Waals surface area contributed by atoms with Gasteiger partial charge < -0.3 is 0 Å². The number of rotatable bonds is 4. The lowest BCUT2D eigenvalue weighted by atomic mass is 10.1. The van der Waals surface area contributed by atoms with Crippen LogP contribution in [0.25, 0.3) is 0 Å². The molecule has 1 heterocycles. The van der Waals surface area contributed by atoms with Crippen molar-refractivity contribution in [3.63, 3.8) is 0 Å². The van der Waals surface area contributed by atoms with Crippen molar-refractivity contribution in [3.05, 3.63) is 0 Å². The summed E-state index contributed by atoms with van der Waals surface area (Å²) in [5.74, 6) is 0. The Balaban J connectivity index is 3.25. The standard InChI is InChI=1S/C10H20FNO5S2/c1-9(2,19(15,16)17)10(3,11)18(13,14)12-7-5-4-6-8-12/h4-8H2,1-3H3,(H,15,16,17). The number of piperidine rings is 1. The molecule has 1 rings (SSSR count). The van der Waals surface area contributed by atoms with Crippen molar-refractivity contribution >= 4 is 20.1 Å². The Hall–Kier alpha value is -0.250. The van der Waals surface area contributed by atoms with Crippen molar-refractivity contribution < 1.29 is 25.8 Å². The van der Waals surface area contributed by atoms with E-state index in [0.29, 0.717) is 19.8 Å². The van der Waals surface area contributed by atoms with Crippen molar-refractivity contribution in [1.29, 1.82) is 0 Å². The van der Waals surface area contributed by atoms with Crippen LogP contribution in [-0.2, 0) is 20.1 Å². The first-order valence-corrected chi connectivity index (χ1v) is 8.89. The summed E-state index contributed by atoms with van der Waals surface area (Å²) < 4.78 is 69.4. The molecule has 0 aromatic rings. The molecule has 0 amide bonds. The van der Waals surface area contributed by atoms with Crippen LogP contribution >= 0.6 is 0 Å². The lowest BCUT2D eigenvalue weighted by molar-refractivity contribution is 0.203. The molecule has 114 valence electrons. The van der Waals surface area contributed by atoms with Gasteiger partial charge in [-0.2, -0.15) is 12.7 Å². The van der Waals surface area contributed by atoms with Crippen LogP contribution in [0.5, 0.6) is 0 Å². The highest BCUT2D eigenvalue weighted by atomic mass is 32.2. The maximum atomic E-state index is 14.8. The lowest BCUT2D eigenvalue weighted by Crippen LogP contribution is -2.59. The minimum atomic E-state index is -4.86. The SMILES string of the molecule is CC(C)(C(C)(F)S(=O)(=O)N1CCCCC1)S(=O)(=O)O. The average Bonchev–Trinajstić information content (AvgIpc) is 2.28. The number of alkyl halides is 1. The van der Waals surface area contributed by atoms with Gasteiger partial charge in [0.2, 0.25) is 5.00 Å². The van der Waals surface area contributed by atoms with E-state index in [9.17, 15) is 21.2 Å². The molecule has 0 aromatic heterocycles. The smallest absolute Gasteiger partial charge is 0.274 e. The Labute approximate surface area is 113 Å². The van der Waals surface area contributed by atoms with Crippen LogP contribution in [0.15, 0.2) is 0 Å². The van der Waals surface area contributed by atoms with Gasteiger partial charge in [0.25, 0.3) is 20.1 Å². The molecule has 1 saturated heterocycles. The Morgan fingerprint density at radius 1 is 1.00 bits per heavy atom. The van der Waals surface area contributed by atoms with Gasteiger partial charge in [-0.25, -0.2) is 12.8 Å². The number of sulfonamides is 1. The van der Waals surface area contributed by atoms with Gasteiger partial charge in [0.15, 0.2) is 0 Å². The summed E-state index contributed by atoms with van der Waals surface area (Å²) in [5, 5.41) is -3.11. The van der Waals surface area contributed by atoms with E-state index in [2.05, 4.69) is 0 Å². The van der Waals surface area contributed by atoms with Crippen LogP contribution in [0.2, 0.25) is 0 Å². The van der Waals surface area contributed by atoms with Crippen molar-refractivity contribution in [2.75, 3.05) is 13.1 Å². The third kappa shape index (κ3) is 2.65. The van der Waals surface area contributed by atoms with Gasteiger partial charge >= 0.3 is 0 Å². The normalized spacial score (nSPS) is 23.0. The van der Waals surface area contributed by atoms with Crippen LogP contribution < -0.4 is 0 Å². The highest BCUT2D eigenvalue weighted by Gasteiger charge is 2.61. The van der Waals surface area contributed by atoms with E-state index in [1.807, 2.05) is 0 Å². The van der Waals surface area contributed by atoms with E-state index in [1.54, 1.807) is 0 Å². The molecule has 19 heavy (non-hydrogen) atoms. The Morgan fingerprint density at radius 3 is 1.79 bits per heavy atom. The Bertz CT molecular complexity index is 532. The summed E-state index contributed by atoms with van der Waals surface area (Å²) in [5.41, 5.74) is 0. The van der Waals surface area contributed by atoms with E-state index in [-0.39, 0.29) is 13.1 Å². The zero-order valence-electron chi connectivity index (χ0n) is 11.3. The quantitative estimate of drug-likeness (QED) is 0.785. The molecule has 1 aliphatic rings. The Kier molecular flexibility index (Phi) is 4.37. The van der Waals surface area contributed by atoms with Crippen LogP contribution in [0.1, 0.15) is 40.0 Å². The highest BCUT2D eigenvalue weighted by molar-refractivity contribution is 7.93. The topological polar surface area (TPSA) is 91.8 Å². The van der Waals surface area contributed by atoms with Crippen molar-refractivity contribution in [2.45, 2.75) is 49.8 Å². The maximum Gasteiger partial charge on any atom is 0.274 e. The number of hydrogen-bond acceptors (Lipinski definition) is 4. The minimum absolute atomic E-state index is 0.170. The molecule has 0 aromatic carbocycles. The lowest BCUT2D eigenvalue weighted by Gasteiger charge is -2.38. The molecular formula is C10H20FNO5S2. The molecule has 0 aliphatic carbocycles. The second-order valence-corrected chi connectivity index (χ2v) is 9.57. The van der Waals surface area contributed by atoms with Crippen LogP contribution in [0.3, 0.4) is 0 Å². The van der Waals surface area contributed by atoms with Crippen molar-refractivity contribution in [1.82, 2.24) is 4.31 Å². The van der Waals surface area contributed by atoms with Gasteiger partial charge in [-0.15, -0.1) is 0 Å².